The molecule has 0 aliphatic heterocycles. The molecule has 0 aromatic heterocycles. The number of rotatable bonds is 9. The van der Waals surface area contributed by atoms with Crippen LogP contribution in [0.25, 0.3) is 0 Å². The molecule has 2 rings (SSSR count). The van der Waals surface area contributed by atoms with Crippen LogP contribution < -0.4 is 5.73 Å². The topological polar surface area (TPSA) is 55.6 Å². The minimum atomic E-state index is 0.0583. The molecule has 20 heavy (non-hydrogen) atoms. The predicted molar refractivity (Wildman–Crippen MR) is 79.1 cm³/mol. The van der Waals surface area contributed by atoms with Crippen LogP contribution in [0, 0.1) is 5.92 Å². The smallest absolute Gasteiger partial charge is 0.248 e. The molecule has 1 aliphatic rings. The number of hydrogen-bond acceptors (Lipinski definition) is 3. The van der Waals surface area contributed by atoms with Crippen molar-refractivity contribution in [2.75, 3.05) is 26.3 Å². The van der Waals surface area contributed by atoms with Crippen molar-refractivity contribution in [3.63, 3.8) is 0 Å². The molecular weight excluding hydrogens is 252 g/mol. The first-order valence-electron chi connectivity index (χ1n) is 7.39. The second kappa shape index (κ2) is 8.02. The first-order valence-corrected chi connectivity index (χ1v) is 7.39. The van der Waals surface area contributed by atoms with Crippen LogP contribution in [0.4, 0.5) is 0 Å². The minimum absolute atomic E-state index is 0.0583. The molecule has 2 N–H and O–H groups in total. The molecule has 1 aliphatic carbocycles. The monoisotopic (exact) mass is 276 g/mol. The molecule has 0 spiro atoms. The molecule has 1 amide bonds. The molecule has 4 heteroatoms. The molecule has 1 fully saturated rings. The summed E-state index contributed by atoms with van der Waals surface area (Å²) >= 11 is 0. The van der Waals surface area contributed by atoms with Gasteiger partial charge < -0.3 is 15.4 Å². The van der Waals surface area contributed by atoms with Crippen molar-refractivity contribution >= 4 is 5.91 Å². The van der Waals surface area contributed by atoms with Crippen molar-refractivity contribution < 1.29 is 9.53 Å². The Balaban J connectivity index is 1.82. The molecule has 0 unspecified atom stereocenters. The summed E-state index contributed by atoms with van der Waals surface area (Å²) in [5, 5.41) is 0. The standard InChI is InChI=1S/C16H24N2O2/c17-9-4-10-18(11-14-5-2-1-3-6-14)16(19)13-20-12-15-7-8-15/h1-3,5-6,15H,4,7-13,17H2. The van der Waals surface area contributed by atoms with E-state index >= 15 is 0 Å². The van der Waals surface area contributed by atoms with Gasteiger partial charge in [0.2, 0.25) is 5.91 Å². The van der Waals surface area contributed by atoms with Gasteiger partial charge in [-0.15, -0.1) is 0 Å². The summed E-state index contributed by atoms with van der Waals surface area (Å²) in [7, 11) is 0. The molecular formula is C16H24N2O2. The Kier molecular flexibility index (Phi) is 6.02. The Morgan fingerprint density at radius 3 is 2.70 bits per heavy atom. The Hall–Kier alpha value is -1.39. The average molecular weight is 276 g/mol. The SMILES string of the molecule is NCCCN(Cc1ccccc1)C(=O)COCC1CC1. The normalized spacial score (nSPS) is 14.2. The van der Waals surface area contributed by atoms with Gasteiger partial charge in [0, 0.05) is 13.1 Å². The van der Waals surface area contributed by atoms with Gasteiger partial charge in [-0.3, -0.25) is 4.79 Å². The van der Waals surface area contributed by atoms with E-state index in [9.17, 15) is 4.79 Å². The number of nitrogens with zero attached hydrogens (tertiary/aromatic N) is 1. The van der Waals surface area contributed by atoms with Crippen molar-refractivity contribution in [2.24, 2.45) is 11.7 Å². The van der Waals surface area contributed by atoms with E-state index < -0.39 is 0 Å². The lowest BCUT2D eigenvalue weighted by Gasteiger charge is -2.22. The second-order valence-corrected chi connectivity index (χ2v) is 5.40. The van der Waals surface area contributed by atoms with Crippen LogP contribution in [0.15, 0.2) is 30.3 Å². The zero-order chi connectivity index (χ0) is 14.2. The molecule has 0 radical (unpaired) electrons. The Bertz CT molecular complexity index is 404. The van der Waals surface area contributed by atoms with Crippen molar-refractivity contribution in [1.82, 2.24) is 4.90 Å². The van der Waals surface area contributed by atoms with E-state index in [1.165, 1.54) is 12.8 Å². The van der Waals surface area contributed by atoms with Crippen LogP contribution in [-0.4, -0.2) is 37.1 Å². The lowest BCUT2D eigenvalue weighted by Crippen LogP contribution is -2.35. The van der Waals surface area contributed by atoms with E-state index in [1.807, 2.05) is 35.2 Å². The third-order valence-electron chi connectivity index (χ3n) is 3.48. The molecule has 0 bridgehead atoms. The van der Waals surface area contributed by atoms with Crippen molar-refractivity contribution in [2.45, 2.75) is 25.8 Å². The highest BCUT2D eigenvalue weighted by atomic mass is 16.5. The van der Waals surface area contributed by atoms with Gasteiger partial charge in [-0.2, -0.15) is 0 Å². The van der Waals surface area contributed by atoms with Crippen LogP contribution in [0.1, 0.15) is 24.8 Å². The predicted octanol–water partition coefficient (Wildman–Crippen LogP) is 1.79. The van der Waals surface area contributed by atoms with Crippen molar-refractivity contribution in [3.05, 3.63) is 35.9 Å². The van der Waals surface area contributed by atoms with E-state index in [2.05, 4.69) is 0 Å². The molecule has 1 aromatic rings. The van der Waals surface area contributed by atoms with Crippen LogP contribution >= 0.6 is 0 Å². The van der Waals surface area contributed by atoms with Gasteiger partial charge in [-0.1, -0.05) is 30.3 Å². The maximum atomic E-state index is 12.2. The van der Waals surface area contributed by atoms with Gasteiger partial charge in [0.1, 0.15) is 6.61 Å². The quantitative estimate of drug-likeness (QED) is 0.748. The van der Waals surface area contributed by atoms with Crippen molar-refractivity contribution in [3.8, 4) is 0 Å². The number of amides is 1. The van der Waals surface area contributed by atoms with Crippen LogP contribution in [-0.2, 0) is 16.1 Å². The van der Waals surface area contributed by atoms with Gasteiger partial charge in [-0.05, 0) is 37.3 Å². The van der Waals surface area contributed by atoms with E-state index in [1.54, 1.807) is 0 Å². The summed E-state index contributed by atoms with van der Waals surface area (Å²) in [6, 6.07) is 10.0. The largest absolute Gasteiger partial charge is 0.371 e. The molecule has 1 aromatic carbocycles. The first-order chi connectivity index (χ1) is 9.79. The molecule has 0 heterocycles. The van der Waals surface area contributed by atoms with Gasteiger partial charge in [0.25, 0.3) is 0 Å². The Morgan fingerprint density at radius 1 is 1.30 bits per heavy atom. The van der Waals surface area contributed by atoms with Gasteiger partial charge >= 0.3 is 0 Å². The maximum absolute atomic E-state index is 12.2. The maximum Gasteiger partial charge on any atom is 0.248 e. The average Bonchev–Trinajstić information content (AvgIpc) is 3.28. The summed E-state index contributed by atoms with van der Waals surface area (Å²) in [4.78, 5) is 14.1. The molecule has 4 nitrogen and oxygen atoms in total. The summed E-state index contributed by atoms with van der Waals surface area (Å²) in [5.74, 6) is 0.748. The minimum Gasteiger partial charge on any atom is -0.371 e. The number of carbonyl (C=O) groups excluding carboxylic acids is 1. The van der Waals surface area contributed by atoms with E-state index in [4.69, 9.17) is 10.5 Å². The van der Waals surface area contributed by atoms with E-state index in [0.717, 1.165) is 18.6 Å². The highest BCUT2D eigenvalue weighted by Crippen LogP contribution is 2.28. The molecule has 0 atom stereocenters. The van der Waals surface area contributed by atoms with Gasteiger partial charge in [0.15, 0.2) is 0 Å². The highest BCUT2D eigenvalue weighted by Gasteiger charge is 2.22. The fourth-order valence-electron chi connectivity index (χ4n) is 2.07. The van der Waals surface area contributed by atoms with Crippen LogP contribution in [0.2, 0.25) is 0 Å². The number of ether oxygens (including phenoxy) is 1. The van der Waals surface area contributed by atoms with Gasteiger partial charge in [0.05, 0.1) is 6.61 Å². The lowest BCUT2D eigenvalue weighted by atomic mass is 10.2. The molecule has 110 valence electrons. The number of carbonyl (C=O) groups is 1. The number of benzene rings is 1. The van der Waals surface area contributed by atoms with Crippen LogP contribution in [0.5, 0.6) is 0 Å². The zero-order valence-electron chi connectivity index (χ0n) is 12.0. The first kappa shape index (κ1) is 15.0. The summed E-state index contributed by atoms with van der Waals surface area (Å²) in [5.41, 5.74) is 6.69. The molecule has 0 saturated heterocycles. The summed E-state index contributed by atoms with van der Waals surface area (Å²) in [6.45, 7) is 2.83. The zero-order valence-corrected chi connectivity index (χ0v) is 12.0. The Labute approximate surface area is 120 Å². The third-order valence-corrected chi connectivity index (χ3v) is 3.48. The number of nitrogens with two attached hydrogens (primary N) is 1. The van der Waals surface area contributed by atoms with Gasteiger partial charge in [-0.25, -0.2) is 0 Å². The Morgan fingerprint density at radius 2 is 2.05 bits per heavy atom. The van der Waals surface area contributed by atoms with Crippen molar-refractivity contribution in [1.29, 1.82) is 0 Å². The summed E-state index contributed by atoms with van der Waals surface area (Å²) < 4.78 is 5.50. The summed E-state index contributed by atoms with van der Waals surface area (Å²) in [6.07, 6.45) is 3.31. The molecule has 1 saturated carbocycles. The van der Waals surface area contributed by atoms with E-state index in [-0.39, 0.29) is 12.5 Å². The highest BCUT2D eigenvalue weighted by molar-refractivity contribution is 5.77. The lowest BCUT2D eigenvalue weighted by molar-refractivity contribution is -0.137. The number of hydrogen-bond donors (Lipinski definition) is 1. The van der Waals surface area contributed by atoms with Crippen LogP contribution in [0.3, 0.4) is 0 Å². The fraction of sp³-hybridized carbons (Fsp3) is 0.562. The van der Waals surface area contributed by atoms with E-state index in [0.29, 0.717) is 25.6 Å². The second-order valence-electron chi connectivity index (χ2n) is 5.40. The third kappa shape index (κ3) is 5.31. The fourth-order valence-corrected chi connectivity index (χ4v) is 2.07.